The Morgan fingerprint density at radius 2 is 1.54 bits per heavy atom. The molecule has 0 radical (unpaired) electrons. The summed E-state index contributed by atoms with van der Waals surface area (Å²) in [5.74, 6) is 0.0658. The lowest BCUT2D eigenvalue weighted by molar-refractivity contribution is 0.443. The Kier molecular flexibility index (Phi) is 6.74. The van der Waals surface area contributed by atoms with Crippen molar-refractivity contribution >= 4 is 10.0 Å². The number of aromatic nitrogens is 2. The molecule has 1 aliphatic rings. The van der Waals surface area contributed by atoms with Crippen molar-refractivity contribution in [2.24, 2.45) is 0 Å². The van der Waals surface area contributed by atoms with Gasteiger partial charge in [0.15, 0.2) is 0 Å². The summed E-state index contributed by atoms with van der Waals surface area (Å²) < 4.78 is 49.8. The van der Waals surface area contributed by atoms with E-state index in [-0.39, 0.29) is 22.2 Å². The fraction of sp³-hybridized carbons (Fsp3) is 0.259. The van der Waals surface area contributed by atoms with E-state index in [0.717, 1.165) is 18.4 Å². The van der Waals surface area contributed by atoms with Crippen molar-refractivity contribution in [1.29, 1.82) is 0 Å². The number of hydrogen-bond donors (Lipinski definition) is 1. The molecule has 8 heteroatoms. The smallest absolute Gasteiger partial charge is 0.247 e. The summed E-state index contributed by atoms with van der Waals surface area (Å²) in [6, 6.07) is 20.8. The minimum atomic E-state index is -4.02. The third-order valence-corrected chi connectivity index (χ3v) is 7.90. The first kappa shape index (κ1) is 23.4. The zero-order valence-electron chi connectivity index (χ0n) is 19.1. The van der Waals surface area contributed by atoms with Crippen molar-refractivity contribution in [2.45, 2.75) is 49.0 Å². The molecule has 6 nitrogen and oxygen atoms in total. The van der Waals surface area contributed by atoms with Crippen molar-refractivity contribution in [2.75, 3.05) is 0 Å². The molecule has 4 aromatic rings. The van der Waals surface area contributed by atoms with Crippen LogP contribution in [0.5, 0.6) is 0 Å². The molecule has 0 aliphatic heterocycles. The van der Waals surface area contributed by atoms with Gasteiger partial charge in [0.25, 0.3) is 0 Å². The molecule has 1 fully saturated rings. The van der Waals surface area contributed by atoms with E-state index in [1.807, 2.05) is 30.3 Å². The Hall–Kier alpha value is -3.36. The molecule has 1 aliphatic carbocycles. The first-order chi connectivity index (χ1) is 17.0. The minimum absolute atomic E-state index is 0.0450. The summed E-state index contributed by atoms with van der Waals surface area (Å²) in [6.45, 7) is 0. The molecule has 1 saturated carbocycles. The van der Waals surface area contributed by atoms with Gasteiger partial charge < -0.3 is 4.42 Å². The summed E-state index contributed by atoms with van der Waals surface area (Å²) >= 11 is 0. The van der Waals surface area contributed by atoms with Gasteiger partial charge in [-0.2, -0.15) is 4.72 Å². The zero-order valence-corrected chi connectivity index (χ0v) is 19.9. The van der Waals surface area contributed by atoms with Crippen LogP contribution in [0.4, 0.5) is 4.39 Å². The SMILES string of the molecule is O=S(=O)(N[C@H](c1nnc(-c2ccccc2)o1)c1ccccc1F)c1ccc(C2CCCCC2)cc1. The van der Waals surface area contributed by atoms with Gasteiger partial charge >= 0.3 is 0 Å². The van der Waals surface area contributed by atoms with Crippen LogP contribution in [0.3, 0.4) is 0 Å². The van der Waals surface area contributed by atoms with Crippen LogP contribution in [0.25, 0.3) is 11.5 Å². The molecule has 1 atom stereocenters. The standard InChI is InChI=1S/C27H26FN3O3S/c28-24-14-8-7-13-23(24)25(27-30-29-26(34-27)21-11-5-2-6-12-21)31-35(32,33)22-17-15-20(16-18-22)19-9-3-1-4-10-19/h2,5-8,11-19,25,31H,1,3-4,9-10H2/t25-/m0/s1. The third-order valence-electron chi connectivity index (χ3n) is 6.46. The van der Waals surface area contributed by atoms with Crippen molar-refractivity contribution in [3.8, 4) is 11.5 Å². The van der Waals surface area contributed by atoms with E-state index in [1.54, 1.807) is 30.3 Å². The van der Waals surface area contributed by atoms with E-state index in [1.165, 1.54) is 37.5 Å². The van der Waals surface area contributed by atoms with Gasteiger partial charge in [0.1, 0.15) is 11.9 Å². The maximum absolute atomic E-state index is 14.8. The molecule has 0 bridgehead atoms. The van der Waals surface area contributed by atoms with Crippen molar-refractivity contribution in [3.05, 3.63) is 102 Å². The highest BCUT2D eigenvalue weighted by molar-refractivity contribution is 7.89. The van der Waals surface area contributed by atoms with Crippen LogP contribution in [0.2, 0.25) is 0 Å². The molecule has 0 spiro atoms. The lowest BCUT2D eigenvalue weighted by atomic mass is 9.84. The highest BCUT2D eigenvalue weighted by Crippen LogP contribution is 2.33. The molecule has 0 amide bonds. The van der Waals surface area contributed by atoms with Crippen LogP contribution in [0.15, 0.2) is 88.2 Å². The Bertz CT molecular complexity index is 1380. The molecular formula is C27H26FN3O3S. The number of benzene rings is 3. The quantitative estimate of drug-likeness (QED) is 0.343. The highest BCUT2D eigenvalue weighted by atomic mass is 32.2. The molecule has 1 heterocycles. The summed E-state index contributed by atoms with van der Waals surface area (Å²) in [6.07, 6.45) is 5.91. The number of nitrogens with zero attached hydrogens (tertiary/aromatic N) is 2. The van der Waals surface area contributed by atoms with E-state index in [9.17, 15) is 12.8 Å². The molecule has 5 rings (SSSR count). The van der Waals surface area contributed by atoms with Crippen LogP contribution in [-0.2, 0) is 10.0 Å². The number of hydrogen-bond acceptors (Lipinski definition) is 5. The normalized spacial score (nSPS) is 15.7. The molecule has 1 N–H and O–H groups in total. The van der Waals surface area contributed by atoms with Gasteiger partial charge in [0.2, 0.25) is 21.8 Å². The fourth-order valence-corrected chi connectivity index (χ4v) is 5.75. The van der Waals surface area contributed by atoms with Crippen molar-refractivity contribution in [3.63, 3.8) is 0 Å². The molecule has 180 valence electrons. The number of halogens is 1. The Morgan fingerprint density at radius 1 is 0.857 bits per heavy atom. The lowest BCUT2D eigenvalue weighted by Gasteiger charge is -2.22. The van der Waals surface area contributed by atoms with Gasteiger partial charge in [-0.25, -0.2) is 12.8 Å². The Balaban J connectivity index is 1.46. The Labute approximate surface area is 204 Å². The third kappa shape index (κ3) is 5.18. The minimum Gasteiger partial charge on any atom is -0.419 e. The molecule has 35 heavy (non-hydrogen) atoms. The number of nitrogens with one attached hydrogen (secondary N) is 1. The van der Waals surface area contributed by atoms with Crippen LogP contribution in [0, 0.1) is 5.82 Å². The van der Waals surface area contributed by atoms with E-state index in [2.05, 4.69) is 14.9 Å². The fourth-order valence-electron chi connectivity index (χ4n) is 4.58. The average molecular weight is 492 g/mol. The van der Waals surface area contributed by atoms with Gasteiger partial charge in [0.05, 0.1) is 4.90 Å². The average Bonchev–Trinajstić information content (AvgIpc) is 3.39. The van der Waals surface area contributed by atoms with Crippen molar-refractivity contribution < 1.29 is 17.2 Å². The van der Waals surface area contributed by atoms with Crippen LogP contribution in [-0.4, -0.2) is 18.6 Å². The maximum Gasteiger partial charge on any atom is 0.247 e. The predicted molar refractivity (Wildman–Crippen MR) is 131 cm³/mol. The van der Waals surface area contributed by atoms with E-state index < -0.39 is 21.9 Å². The maximum atomic E-state index is 14.8. The predicted octanol–water partition coefficient (Wildman–Crippen LogP) is 5.99. The number of rotatable bonds is 7. The molecule has 0 unspecified atom stereocenters. The highest BCUT2D eigenvalue weighted by Gasteiger charge is 2.30. The summed E-state index contributed by atoms with van der Waals surface area (Å²) in [7, 11) is -4.02. The summed E-state index contributed by atoms with van der Waals surface area (Å²) in [5.41, 5.74) is 1.93. The second-order valence-electron chi connectivity index (χ2n) is 8.79. The van der Waals surface area contributed by atoms with Gasteiger partial charge in [-0.15, -0.1) is 10.2 Å². The second-order valence-corrected chi connectivity index (χ2v) is 10.5. The van der Waals surface area contributed by atoms with Gasteiger partial charge in [-0.1, -0.05) is 67.8 Å². The topological polar surface area (TPSA) is 85.1 Å². The lowest BCUT2D eigenvalue weighted by Crippen LogP contribution is -2.30. The summed E-state index contributed by atoms with van der Waals surface area (Å²) in [5, 5.41) is 8.11. The first-order valence-electron chi connectivity index (χ1n) is 11.8. The van der Waals surface area contributed by atoms with Crippen molar-refractivity contribution in [1.82, 2.24) is 14.9 Å². The Morgan fingerprint density at radius 3 is 2.26 bits per heavy atom. The monoisotopic (exact) mass is 491 g/mol. The molecular weight excluding hydrogens is 465 g/mol. The molecule has 1 aromatic heterocycles. The van der Waals surface area contributed by atoms with E-state index in [0.29, 0.717) is 11.5 Å². The zero-order chi connectivity index (χ0) is 24.3. The largest absolute Gasteiger partial charge is 0.419 e. The van der Waals surface area contributed by atoms with Gasteiger partial charge in [-0.3, -0.25) is 0 Å². The second kappa shape index (κ2) is 10.1. The van der Waals surface area contributed by atoms with Crippen LogP contribution < -0.4 is 4.72 Å². The van der Waals surface area contributed by atoms with Crippen LogP contribution in [0.1, 0.15) is 61.1 Å². The van der Waals surface area contributed by atoms with Gasteiger partial charge in [0, 0.05) is 11.1 Å². The van der Waals surface area contributed by atoms with E-state index in [4.69, 9.17) is 4.42 Å². The first-order valence-corrected chi connectivity index (χ1v) is 13.2. The number of sulfonamides is 1. The van der Waals surface area contributed by atoms with E-state index >= 15 is 0 Å². The molecule has 0 saturated heterocycles. The molecule has 3 aromatic carbocycles. The summed E-state index contributed by atoms with van der Waals surface area (Å²) in [4.78, 5) is 0.0983. The van der Waals surface area contributed by atoms with Crippen LogP contribution >= 0.6 is 0 Å². The van der Waals surface area contributed by atoms with Gasteiger partial charge in [-0.05, 0) is 54.7 Å².